The van der Waals surface area contributed by atoms with Crippen LogP contribution in [0, 0.1) is 13.8 Å². The fourth-order valence-electron chi connectivity index (χ4n) is 2.91. The van der Waals surface area contributed by atoms with Crippen molar-refractivity contribution in [2.75, 3.05) is 39.0 Å². The van der Waals surface area contributed by atoms with E-state index in [9.17, 15) is 9.59 Å². The number of ether oxygens (including phenoxy) is 1. The van der Waals surface area contributed by atoms with Crippen molar-refractivity contribution in [3.05, 3.63) is 17.0 Å². The normalized spacial score (nSPS) is 14.6. The van der Waals surface area contributed by atoms with Crippen molar-refractivity contribution >= 4 is 23.8 Å². The van der Waals surface area contributed by atoms with Crippen molar-refractivity contribution in [1.29, 1.82) is 0 Å². The summed E-state index contributed by atoms with van der Waals surface area (Å²) in [6, 6.07) is 0. The Kier molecular flexibility index (Phi) is 7.04. The molecule has 0 saturated carbocycles. The standard InChI is InChI=1S/C17H26N4O3S/c1-5-24-17(23)21-10-8-20(9-11-21)15(22)7-6-14-12(2)18-16(25-4)19-13(14)3/h5-11H2,1-4H3. The molecule has 2 amide bonds. The summed E-state index contributed by atoms with van der Waals surface area (Å²) >= 11 is 1.52. The maximum absolute atomic E-state index is 12.5. The Morgan fingerprint density at radius 1 is 1.08 bits per heavy atom. The molecule has 7 nitrogen and oxygen atoms in total. The lowest BCUT2D eigenvalue weighted by Crippen LogP contribution is -2.50. The quantitative estimate of drug-likeness (QED) is 0.586. The first-order chi connectivity index (χ1) is 12.0. The number of piperazine rings is 1. The minimum absolute atomic E-state index is 0.108. The Morgan fingerprint density at radius 3 is 2.16 bits per heavy atom. The summed E-state index contributed by atoms with van der Waals surface area (Å²) < 4.78 is 5.00. The summed E-state index contributed by atoms with van der Waals surface area (Å²) in [5, 5.41) is 0.764. The summed E-state index contributed by atoms with van der Waals surface area (Å²) in [5.41, 5.74) is 2.94. The highest BCUT2D eigenvalue weighted by molar-refractivity contribution is 7.98. The number of nitrogens with zero attached hydrogens (tertiary/aromatic N) is 4. The first kappa shape index (κ1) is 19.5. The van der Waals surface area contributed by atoms with Crippen LogP contribution in [-0.2, 0) is 16.0 Å². The first-order valence-corrected chi connectivity index (χ1v) is 9.76. The number of hydrogen-bond donors (Lipinski definition) is 0. The molecule has 25 heavy (non-hydrogen) atoms. The van der Waals surface area contributed by atoms with Gasteiger partial charge in [-0.2, -0.15) is 0 Å². The fraction of sp³-hybridized carbons (Fsp3) is 0.647. The highest BCUT2D eigenvalue weighted by Gasteiger charge is 2.24. The molecular formula is C17H26N4O3S. The highest BCUT2D eigenvalue weighted by Crippen LogP contribution is 2.17. The van der Waals surface area contributed by atoms with Gasteiger partial charge < -0.3 is 14.5 Å². The van der Waals surface area contributed by atoms with E-state index in [1.807, 2.05) is 25.0 Å². The predicted octanol–water partition coefficient (Wildman–Crippen LogP) is 2.05. The number of carbonyl (C=O) groups is 2. The Morgan fingerprint density at radius 2 is 1.64 bits per heavy atom. The third kappa shape index (κ3) is 5.07. The van der Waals surface area contributed by atoms with Crippen LogP contribution in [0.25, 0.3) is 0 Å². The summed E-state index contributed by atoms with van der Waals surface area (Å²) in [4.78, 5) is 36.5. The van der Waals surface area contributed by atoms with Crippen LogP contribution in [0.5, 0.6) is 0 Å². The Bertz CT molecular complexity index is 607. The molecule has 1 fully saturated rings. The number of hydrogen-bond acceptors (Lipinski definition) is 6. The highest BCUT2D eigenvalue weighted by atomic mass is 32.2. The van der Waals surface area contributed by atoms with E-state index in [0.717, 1.165) is 22.1 Å². The van der Waals surface area contributed by atoms with Crippen molar-refractivity contribution < 1.29 is 14.3 Å². The van der Waals surface area contributed by atoms with E-state index in [-0.39, 0.29) is 12.0 Å². The molecule has 0 unspecified atom stereocenters. The molecule has 138 valence electrons. The molecule has 0 radical (unpaired) electrons. The maximum Gasteiger partial charge on any atom is 0.409 e. The molecule has 1 aliphatic rings. The Balaban J connectivity index is 1.87. The molecule has 0 bridgehead atoms. The van der Waals surface area contributed by atoms with E-state index in [4.69, 9.17) is 4.74 Å². The summed E-state index contributed by atoms with van der Waals surface area (Å²) in [7, 11) is 0. The molecule has 0 spiro atoms. The topological polar surface area (TPSA) is 75.6 Å². The Hall–Kier alpha value is -1.83. The molecule has 1 aromatic rings. The zero-order valence-electron chi connectivity index (χ0n) is 15.4. The number of aromatic nitrogens is 2. The lowest BCUT2D eigenvalue weighted by Gasteiger charge is -2.34. The molecular weight excluding hydrogens is 340 g/mol. The van der Waals surface area contributed by atoms with Crippen molar-refractivity contribution in [2.24, 2.45) is 0 Å². The van der Waals surface area contributed by atoms with E-state index in [1.54, 1.807) is 11.8 Å². The second-order valence-corrected chi connectivity index (χ2v) is 6.70. The third-order valence-corrected chi connectivity index (χ3v) is 4.88. The van der Waals surface area contributed by atoms with Crippen LogP contribution >= 0.6 is 11.8 Å². The van der Waals surface area contributed by atoms with Gasteiger partial charge in [0.25, 0.3) is 0 Å². The monoisotopic (exact) mass is 366 g/mol. The van der Waals surface area contributed by atoms with Gasteiger partial charge in [0.15, 0.2) is 5.16 Å². The Labute approximate surface area is 153 Å². The molecule has 2 rings (SSSR count). The van der Waals surface area contributed by atoms with Crippen LogP contribution in [0.3, 0.4) is 0 Å². The molecule has 1 aliphatic heterocycles. The second-order valence-electron chi connectivity index (χ2n) is 5.93. The molecule has 0 aliphatic carbocycles. The van der Waals surface area contributed by atoms with Gasteiger partial charge in [-0.3, -0.25) is 4.79 Å². The lowest BCUT2D eigenvalue weighted by molar-refractivity contribution is -0.132. The molecule has 2 heterocycles. The van der Waals surface area contributed by atoms with Gasteiger partial charge in [0.2, 0.25) is 5.91 Å². The predicted molar refractivity (Wildman–Crippen MR) is 96.8 cm³/mol. The number of carbonyl (C=O) groups excluding carboxylic acids is 2. The van der Waals surface area contributed by atoms with Gasteiger partial charge in [-0.1, -0.05) is 11.8 Å². The molecule has 0 N–H and O–H groups in total. The van der Waals surface area contributed by atoms with Gasteiger partial charge in [0.1, 0.15) is 0 Å². The van der Waals surface area contributed by atoms with E-state index >= 15 is 0 Å². The minimum Gasteiger partial charge on any atom is -0.450 e. The zero-order valence-corrected chi connectivity index (χ0v) is 16.2. The van der Waals surface area contributed by atoms with Gasteiger partial charge in [-0.25, -0.2) is 14.8 Å². The van der Waals surface area contributed by atoms with Crippen molar-refractivity contribution in [3.63, 3.8) is 0 Å². The van der Waals surface area contributed by atoms with Crippen molar-refractivity contribution in [3.8, 4) is 0 Å². The number of amides is 2. The second kappa shape index (κ2) is 9.03. The minimum atomic E-state index is -0.299. The average molecular weight is 366 g/mol. The molecule has 8 heteroatoms. The van der Waals surface area contributed by atoms with E-state index < -0.39 is 0 Å². The van der Waals surface area contributed by atoms with Gasteiger partial charge in [0.05, 0.1) is 6.61 Å². The number of thioether (sulfide) groups is 1. The van der Waals surface area contributed by atoms with Crippen LogP contribution in [0.2, 0.25) is 0 Å². The fourth-order valence-corrected chi connectivity index (χ4v) is 3.36. The molecule has 0 atom stereocenters. The van der Waals surface area contributed by atoms with E-state index in [1.165, 1.54) is 11.8 Å². The van der Waals surface area contributed by atoms with Gasteiger partial charge in [0, 0.05) is 44.0 Å². The SMILES string of the molecule is CCOC(=O)N1CCN(C(=O)CCc2c(C)nc(SC)nc2C)CC1. The molecule has 0 aromatic carbocycles. The average Bonchev–Trinajstić information content (AvgIpc) is 2.61. The number of rotatable bonds is 5. The largest absolute Gasteiger partial charge is 0.450 e. The molecule has 1 aromatic heterocycles. The van der Waals surface area contributed by atoms with Crippen molar-refractivity contribution in [2.45, 2.75) is 38.8 Å². The van der Waals surface area contributed by atoms with Gasteiger partial charge in [-0.05, 0) is 39.0 Å². The lowest BCUT2D eigenvalue weighted by atomic mass is 10.1. The molecule has 1 saturated heterocycles. The third-order valence-electron chi connectivity index (χ3n) is 4.33. The number of aryl methyl sites for hydroxylation is 2. The van der Waals surface area contributed by atoms with Crippen LogP contribution in [-0.4, -0.2) is 70.8 Å². The first-order valence-electron chi connectivity index (χ1n) is 8.53. The van der Waals surface area contributed by atoms with Crippen molar-refractivity contribution in [1.82, 2.24) is 19.8 Å². The summed E-state index contributed by atoms with van der Waals surface area (Å²) in [6.45, 7) is 8.24. The van der Waals surface area contributed by atoms with Gasteiger partial charge in [-0.15, -0.1) is 0 Å². The van der Waals surface area contributed by atoms with Crippen LogP contribution in [0.4, 0.5) is 4.79 Å². The van der Waals surface area contributed by atoms with E-state index in [2.05, 4.69) is 9.97 Å². The maximum atomic E-state index is 12.5. The van der Waals surface area contributed by atoms with E-state index in [0.29, 0.717) is 45.6 Å². The van der Waals surface area contributed by atoms with Crippen LogP contribution < -0.4 is 0 Å². The smallest absolute Gasteiger partial charge is 0.409 e. The van der Waals surface area contributed by atoms with Gasteiger partial charge >= 0.3 is 6.09 Å². The summed E-state index contributed by atoms with van der Waals surface area (Å²) in [5.74, 6) is 0.108. The zero-order chi connectivity index (χ0) is 18.4. The van der Waals surface area contributed by atoms with Crippen LogP contribution in [0.1, 0.15) is 30.3 Å². The van der Waals surface area contributed by atoms with Crippen LogP contribution in [0.15, 0.2) is 5.16 Å². The summed E-state index contributed by atoms with van der Waals surface area (Å²) in [6.07, 6.45) is 2.73.